The van der Waals surface area contributed by atoms with Gasteiger partial charge in [0.1, 0.15) is 5.76 Å². The molecule has 0 aliphatic carbocycles. The third-order valence-corrected chi connectivity index (χ3v) is 6.04. The first-order chi connectivity index (χ1) is 14.5. The molecule has 2 atom stereocenters. The Kier molecular flexibility index (Phi) is 5.93. The maximum Gasteiger partial charge on any atom is 0.295 e. The quantitative estimate of drug-likeness (QED) is 0.435. The van der Waals surface area contributed by atoms with Crippen LogP contribution in [0.1, 0.15) is 42.5 Å². The summed E-state index contributed by atoms with van der Waals surface area (Å²) in [5.74, 6) is -1.47. The first-order valence-corrected chi connectivity index (χ1v) is 10.6. The number of nitrogens with zero attached hydrogens (tertiary/aromatic N) is 1. The summed E-state index contributed by atoms with van der Waals surface area (Å²) >= 11 is 5.96. The third kappa shape index (κ3) is 3.87. The second kappa shape index (κ2) is 8.62. The molecular formula is C24H24ClNO4. The number of carbonyl (C=O) groups excluding carboxylic acids is 2. The molecule has 1 amide bonds. The molecule has 2 heterocycles. The van der Waals surface area contributed by atoms with E-state index in [0.717, 1.165) is 30.4 Å². The van der Waals surface area contributed by atoms with E-state index in [1.807, 2.05) is 24.3 Å². The first-order valence-electron chi connectivity index (χ1n) is 10.2. The van der Waals surface area contributed by atoms with Crippen LogP contribution < -0.4 is 0 Å². The van der Waals surface area contributed by atoms with Crippen molar-refractivity contribution in [1.29, 1.82) is 0 Å². The predicted octanol–water partition coefficient (Wildman–Crippen LogP) is 4.50. The Balaban J connectivity index is 1.80. The van der Waals surface area contributed by atoms with Crippen LogP contribution >= 0.6 is 11.6 Å². The summed E-state index contributed by atoms with van der Waals surface area (Å²) in [6.07, 6.45) is 2.58. The van der Waals surface area contributed by atoms with Crippen molar-refractivity contribution in [2.45, 2.75) is 38.3 Å². The van der Waals surface area contributed by atoms with Crippen molar-refractivity contribution < 1.29 is 19.4 Å². The summed E-state index contributed by atoms with van der Waals surface area (Å²) in [4.78, 5) is 27.5. The smallest absolute Gasteiger partial charge is 0.295 e. The van der Waals surface area contributed by atoms with Crippen molar-refractivity contribution in [1.82, 2.24) is 4.90 Å². The first kappa shape index (κ1) is 20.6. The highest BCUT2D eigenvalue weighted by molar-refractivity contribution is 6.46. The molecule has 2 aromatic rings. The highest BCUT2D eigenvalue weighted by atomic mass is 35.5. The highest BCUT2D eigenvalue weighted by Gasteiger charge is 2.47. The zero-order valence-electron chi connectivity index (χ0n) is 16.8. The van der Waals surface area contributed by atoms with E-state index < -0.39 is 17.7 Å². The van der Waals surface area contributed by atoms with E-state index in [0.29, 0.717) is 23.7 Å². The van der Waals surface area contributed by atoms with Gasteiger partial charge in [-0.05, 0) is 54.7 Å². The molecule has 2 aliphatic rings. The summed E-state index contributed by atoms with van der Waals surface area (Å²) in [5, 5.41) is 11.5. The van der Waals surface area contributed by atoms with Crippen LogP contribution in [0.2, 0.25) is 5.02 Å². The minimum Gasteiger partial charge on any atom is -0.507 e. The molecule has 0 saturated carbocycles. The largest absolute Gasteiger partial charge is 0.507 e. The van der Waals surface area contributed by atoms with E-state index in [2.05, 4.69) is 6.92 Å². The second-order valence-electron chi connectivity index (χ2n) is 7.69. The number of ether oxygens (including phenoxy) is 1. The van der Waals surface area contributed by atoms with Gasteiger partial charge in [-0.15, -0.1) is 0 Å². The van der Waals surface area contributed by atoms with Gasteiger partial charge in [0.2, 0.25) is 0 Å². The van der Waals surface area contributed by atoms with Gasteiger partial charge in [-0.1, -0.05) is 42.8 Å². The standard InChI is InChI=1S/C24H24ClNO4/c1-2-15-5-7-16(8-6-15)21-20(22(27)17-9-11-18(25)12-10-17)23(28)24(29)26(21)14-19-4-3-13-30-19/h5-12,19,21,27H,2-4,13-14H2,1H3/b22-20+/t19-,21-/m1/s1. The van der Waals surface area contributed by atoms with Gasteiger partial charge in [0.25, 0.3) is 11.7 Å². The summed E-state index contributed by atoms with van der Waals surface area (Å²) < 4.78 is 5.71. The Labute approximate surface area is 180 Å². The van der Waals surface area contributed by atoms with Crippen molar-refractivity contribution in [3.8, 4) is 0 Å². The molecule has 156 valence electrons. The van der Waals surface area contributed by atoms with E-state index >= 15 is 0 Å². The predicted molar refractivity (Wildman–Crippen MR) is 115 cm³/mol. The molecule has 0 aromatic heterocycles. The van der Waals surface area contributed by atoms with Gasteiger partial charge in [-0.3, -0.25) is 9.59 Å². The number of aliphatic hydroxyl groups is 1. The fourth-order valence-corrected chi connectivity index (χ4v) is 4.25. The lowest BCUT2D eigenvalue weighted by molar-refractivity contribution is -0.140. The number of halogens is 1. The van der Waals surface area contributed by atoms with Crippen LogP contribution in [-0.4, -0.2) is 41.0 Å². The molecule has 2 aromatic carbocycles. The van der Waals surface area contributed by atoms with Crippen molar-refractivity contribution in [3.05, 3.63) is 75.8 Å². The summed E-state index contributed by atoms with van der Waals surface area (Å²) in [6, 6.07) is 13.7. The fraction of sp³-hybridized carbons (Fsp3) is 0.333. The average molecular weight is 426 g/mol. The zero-order valence-corrected chi connectivity index (χ0v) is 17.6. The lowest BCUT2D eigenvalue weighted by atomic mass is 9.94. The maximum atomic E-state index is 13.0. The Morgan fingerprint density at radius 2 is 1.83 bits per heavy atom. The van der Waals surface area contributed by atoms with E-state index in [-0.39, 0.29) is 17.4 Å². The Bertz CT molecular complexity index is 975. The number of Topliss-reactive ketones (excluding diaryl/α,β-unsaturated/α-hetero) is 1. The summed E-state index contributed by atoms with van der Waals surface area (Å²) in [7, 11) is 0. The summed E-state index contributed by atoms with van der Waals surface area (Å²) in [6.45, 7) is 3.05. The van der Waals surface area contributed by atoms with Crippen LogP contribution in [0.4, 0.5) is 0 Å². The Morgan fingerprint density at radius 3 is 2.43 bits per heavy atom. The lowest BCUT2D eigenvalue weighted by Crippen LogP contribution is -2.36. The topological polar surface area (TPSA) is 66.8 Å². The SMILES string of the molecule is CCc1ccc([C@@H]2/C(=C(\O)c3ccc(Cl)cc3)C(=O)C(=O)N2C[C@H]2CCCO2)cc1. The zero-order chi connectivity index (χ0) is 21.3. The number of rotatable bonds is 5. The molecule has 4 rings (SSSR count). The average Bonchev–Trinajstić information content (AvgIpc) is 3.36. The van der Waals surface area contributed by atoms with Gasteiger partial charge < -0.3 is 14.7 Å². The molecule has 0 radical (unpaired) electrons. The number of amides is 1. The summed E-state index contributed by atoms with van der Waals surface area (Å²) in [5.41, 5.74) is 2.50. The molecular weight excluding hydrogens is 402 g/mol. The number of carbonyl (C=O) groups is 2. The van der Waals surface area contributed by atoms with Crippen molar-refractivity contribution in [2.75, 3.05) is 13.2 Å². The Morgan fingerprint density at radius 1 is 1.13 bits per heavy atom. The number of aryl methyl sites for hydroxylation is 1. The van der Waals surface area contributed by atoms with Gasteiger partial charge >= 0.3 is 0 Å². The molecule has 0 bridgehead atoms. The lowest BCUT2D eigenvalue weighted by Gasteiger charge is -2.27. The van der Waals surface area contributed by atoms with Crippen molar-refractivity contribution in [3.63, 3.8) is 0 Å². The van der Waals surface area contributed by atoms with Gasteiger partial charge in [0.15, 0.2) is 0 Å². The number of hydrogen-bond acceptors (Lipinski definition) is 4. The van der Waals surface area contributed by atoms with Crippen LogP contribution in [0, 0.1) is 0 Å². The molecule has 30 heavy (non-hydrogen) atoms. The van der Waals surface area contributed by atoms with Crippen LogP contribution in [0.3, 0.4) is 0 Å². The fourth-order valence-electron chi connectivity index (χ4n) is 4.12. The van der Waals surface area contributed by atoms with Crippen molar-refractivity contribution >= 4 is 29.1 Å². The van der Waals surface area contributed by atoms with Crippen LogP contribution in [0.25, 0.3) is 5.76 Å². The highest BCUT2D eigenvalue weighted by Crippen LogP contribution is 2.40. The van der Waals surface area contributed by atoms with E-state index in [1.54, 1.807) is 29.2 Å². The third-order valence-electron chi connectivity index (χ3n) is 5.79. The molecule has 5 nitrogen and oxygen atoms in total. The van der Waals surface area contributed by atoms with Crippen LogP contribution in [0.5, 0.6) is 0 Å². The number of aliphatic hydroxyl groups excluding tert-OH is 1. The molecule has 6 heteroatoms. The second-order valence-corrected chi connectivity index (χ2v) is 8.12. The number of hydrogen-bond donors (Lipinski definition) is 1. The van der Waals surface area contributed by atoms with Crippen LogP contribution in [-0.2, 0) is 20.7 Å². The van der Waals surface area contributed by atoms with E-state index in [9.17, 15) is 14.7 Å². The molecule has 2 aliphatic heterocycles. The molecule has 0 spiro atoms. The molecule has 2 fully saturated rings. The monoisotopic (exact) mass is 425 g/mol. The van der Waals surface area contributed by atoms with Gasteiger partial charge in [-0.2, -0.15) is 0 Å². The van der Waals surface area contributed by atoms with Gasteiger partial charge in [-0.25, -0.2) is 0 Å². The Hall–Kier alpha value is -2.63. The number of likely N-dealkylation sites (tertiary alicyclic amines) is 1. The molecule has 0 unspecified atom stereocenters. The van der Waals surface area contributed by atoms with E-state index in [1.165, 1.54) is 0 Å². The minimum absolute atomic E-state index is 0.101. The maximum absolute atomic E-state index is 13.0. The molecule has 1 N–H and O–H groups in total. The number of benzene rings is 2. The van der Waals surface area contributed by atoms with E-state index in [4.69, 9.17) is 16.3 Å². The van der Waals surface area contributed by atoms with Gasteiger partial charge in [0.05, 0.1) is 17.7 Å². The normalized spacial score (nSPS) is 23.3. The number of ketones is 1. The van der Waals surface area contributed by atoms with Gasteiger partial charge in [0, 0.05) is 23.7 Å². The van der Waals surface area contributed by atoms with Crippen molar-refractivity contribution in [2.24, 2.45) is 0 Å². The molecule has 2 saturated heterocycles. The minimum atomic E-state index is -0.676. The van der Waals surface area contributed by atoms with Crippen LogP contribution in [0.15, 0.2) is 54.1 Å².